The number of rotatable bonds is 6. The summed E-state index contributed by atoms with van der Waals surface area (Å²) in [4.78, 5) is 24.1. The minimum atomic E-state index is -0.0803. The van der Waals surface area contributed by atoms with Gasteiger partial charge >= 0.3 is 5.97 Å². The Morgan fingerprint density at radius 2 is 1.90 bits per heavy atom. The fourth-order valence-corrected chi connectivity index (χ4v) is 8.79. The summed E-state index contributed by atoms with van der Waals surface area (Å²) in [6, 6.07) is 0. The quantitative estimate of drug-likeness (QED) is 0.375. The van der Waals surface area contributed by atoms with Gasteiger partial charge in [0.05, 0.1) is 0 Å². The van der Waals surface area contributed by atoms with Gasteiger partial charge in [-0.3, -0.25) is 9.59 Å². The Morgan fingerprint density at radius 1 is 1.13 bits per heavy atom. The molecule has 3 heteroatoms. The molecule has 0 aromatic rings. The van der Waals surface area contributed by atoms with E-state index in [4.69, 9.17) is 4.74 Å². The van der Waals surface area contributed by atoms with Crippen LogP contribution in [0, 0.1) is 46.3 Å². The molecule has 30 heavy (non-hydrogen) atoms. The second kappa shape index (κ2) is 8.43. The van der Waals surface area contributed by atoms with Gasteiger partial charge < -0.3 is 4.74 Å². The van der Waals surface area contributed by atoms with E-state index in [1.807, 2.05) is 0 Å². The van der Waals surface area contributed by atoms with E-state index in [9.17, 15) is 9.59 Å². The molecule has 0 saturated heterocycles. The molecule has 0 heterocycles. The maximum absolute atomic E-state index is 12.1. The van der Waals surface area contributed by atoms with Crippen molar-refractivity contribution in [3.8, 4) is 0 Å². The van der Waals surface area contributed by atoms with E-state index < -0.39 is 0 Å². The molecule has 0 amide bonds. The Kier molecular flexibility index (Phi) is 6.21. The zero-order valence-electron chi connectivity index (χ0n) is 19.5. The summed E-state index contributed by atoms with van der Waals surface area (Å²) in [5.74, 6) is 4.90. The lowest BCUT2D eigenvalue weighted by Crippen LogP contribution is -2.53. The van der Waals surface area contributed by atoms with E-state index >= 15 is 0 Å². The third-order valence-corrected chi connectivity index (χ3v) is 10.4. The highest BCUT2D eigenvalue weighted by Gasteiger charge is 2.60. The van der Waals surface area contributed by atoms with Crippen molar-refractivity contribution in [2.45, 2.75) is 91.4 Å². The lowest BCUT2D eigenvalue weighted by Gasteiger charge is -2.60. The molecule has 0 N–H and O–H groups in total. The highest BCUT2D eigenvalue weighted by atomic mass is 16.5. The first-order valence-electron chi connectivity index (χ1n) is 12.6. The summed E-state index contributed by atoms with van der Waals surface area (Å²) in [5, 5.41) is 0. The summed E-state index contributed by atoms with van der Waals surface area (Å²) < 4.78 is 5.19. The van der Waals surface area contributed by atoms with Gasteiger partial charge in [-0.05, 0) is 97.7 Å². The predicted molar refractivity (Wildman–Crippen MR) is 120 cm³/mol. The molecule has 3 nitrogen and oxygen atoms in total. The minimum absolute atomic E-state index is 0.0803. The number of hydrogen-bond donors (Lipinski definition) is 0. The molecule has 4 rings (SSSR count). The average Bonchev–Trinajstić information content (AvgIpc) is 3.08. The second-order valence-corrected chi connectivity index (χ2v) is 11.6. The molecule has 0 spiro atoms. The largest absolute Gasteiger partial charge is 0.461 e. The zero-order chi connectivity index (χ0) is 21.5. The minimum Gasteiger partial charge on any atom is -0.461 e. The summed E-state index contributed by atoms with van der Waals surface area (Å²) in [6.07, 6.45) is 13.9. The van der Waals surface area contributed by atoms with Crippen molar-refractivity contribution in [1.29, 1.82) is 0 Å². The van der Waals surface area contributed by atoms with Crippen LogP contribution in [0.3, 0.4) is 0 Å². The third kappa shape index (κ3) is 3.69. The van der Waals surface area contributed by atoms with E-state index in [2.05, 4.69) is 27.4 Å². The van der Waals surface area contributed by atoms with Crippen molar-refractivity contribution in [2.75, 3.05) is 6.61 Å². The fraction of sp³-hybridized carbons (Fsp3) is 0.852. The van der Waals surface area contributed by atoms with Gasteiger partial charge in [0.2, 0.25) is 0 Å². The molecule has 0 aromatic heterocycles. The molecule has 0 radical (unpaired) electrons. The van der Waals surface area contributed by atoms with Crippen molar-refractivity contribution in [3.05, 3.63) is 12.7 Å². The number of fused-ring (bicyclic) bond motifs is 5. The maximum Gasteiger partial charge on any atom is 0.306 e. The lowest BCUT2D eigenvalue weighted by atomic mass is 9.44. The van der Waals surface area contributed by atoms with Crippen molar-refractivity contribution in [2.24, 2.45) is 46.3 Å². The van der Waals surface area contributed by atoms with Gasteiger partial charge in [0.25, 0.3) is 0 Å². The molecule has 1 unspecified atom stereocenters. The average molecular weight is 415 g/mol. The topological polar surface area (TPSA) is 43.4 Å². The van der Waals surface area contributed by atoms with Crippen LogP contribution in [0.25, 0.3) is 0 Å². The zero-order valence-corrected chi connectivity index (χ0v) is 19.5. The van der Waals surface area contributed by atoms with Crippen LogP contribution in [-0.2, 0) is 14.3 Å². The fourth-order valence-electron chi connectivity index (χ4n) is 8.79. The normalized spacial score (nSPS) is 43.8. The highest BCUT2D eigenvalue weighted by Crippen LogP contribution is 2.68. The standard InChI is InChI=1S/C27H42O3/c1-5-16-30-25(29)11-6-18(2)22-9-10-23-21-8-7-19-17-20(28)12-14-26(19,3)24(21)13-15-27(22,23)4/h5,18-19,21-24H,1,6-17H2,2-4H3/t18-,19?,21+,22-,23+,24+,26+,27-/m1/s1. The number of carbonyl (C=O) groups excluding carboxylic acids is 2. The van der Waals surface area contributed by atoms with Crippen molar-refractivity contribution in [3.63, 3.8) is 0 Å². The van der Waals surface area contributed by atoms with Crippen LogP contribution < -0.4 is 0 Å². The Morgan fingerprint density at radius 3 is 2.67 bits per heavy atom. The summed E-state index contributed by atoms with van der Waals surface area (Å²) in [5.41, 5.74) is 0.829. The number of ketones is 1. The molecular weight excluding hydrogens is 372 g/mol. The molecular formula is C27H42O3. The van der Waals surface area contributed by atoms with Crippen LogP contribution in [0.15, 0.2) is 12.7 Å². The number of esters is 1. The number of hydrogen-bond acceptors (Lipinski definition) is 3. The predicted octanol–water partition coefficient (Wildman–Crippen LogP) is 6.36. The SMILES string of the molecule is C=CCOC(=O)CC[C@@H](C)[C@H]1CC[C@H]2[C@@H]3CCC4CC(=O)CC[C@]4(C)[C@H]3CC[C@]12C. The van der Waals surface area contributed by atoms with Crippen LogP contribution in [0.2, 0.25) is 0 Å². The first-order valence-corrected chi connectivity index (χ1v) is 12.6. The smallest absolute Gasteiger partial charge is 0.306 e. The van der Waals surface area contributed by atoms with Crippen molar-refractivity contribution in [1.82, 2.24) is 0 Å². The Balaban J connectivity index is 1.43. The van der Waals surface area contributed by atoms with Crippen LogP contribution >= 0.6 is 0 Å². The van der Waals surface area contributed by atoms with E-state index in [0.29, 0.717) is 41.5 Å². The third-order valence-electron chi connectivity index (χ3n) is 10.4. The Hall–Kier alpha value is -1.12. The van der Waals surface area contributed by atoms with E-state index in [1.165, 1.54) is 38.5 Å². The molecule has 4 aliphatic rings. The van der Waals surface area contributed by atoms with Crippen molar-refractivity contribution >= 4 is 11.8 Å². The van der Waals surface area contributed by atoms with Crippen LogP contribution in [-0.4, -0.2) is 18.4 Å². The first-order chi connectivity index (χ1) is 14.3. The molecule has 168 valence electrons. The van der Waals surface area contributed by atoms with Crippen LogP contribution in [0.4, 0.5) is 0 Å². The molecule has 4 fully saturated rings. The van der Waals surface area contributed by atoms with Gasteiger partial charge in [0, 0.05) is 19.3 Å². The van der Waals surface area contributed by atoms with Gasteiger partial charge in [0.15, 0.2) is 0 Å². The van der Waals surface area contributed by atoms with Gasteiger partial charge in [-0.1, -0.05) is 33.4 Å². The van der Waals surface area contributed by atoms with E-state index in [1.54, 1.807) is 6.08 Å². The Bertz CT molecular complexity index is 684. The van der Waals surface area contributed by atoms with Crippen LogP contribution in [0.5, 0.6) is 0 Å². The molecule has 8 atom stereocenters. The lowest BCUT2D eigenvalue weighted by molar-refractivity contribution is -0.143. The number of Topliss-reactive ketones (excluding diaryl/α,β-unsaturated/α-hetero) is 1. The van der Waals surface area contributed by atoms with Gasteiger partial charge in [0.1, 0.15) is 12.4 Å². The maximum atomic E-state index is 12.1. The van der Waals surface area contributed by atoms with Crippen LogP contribution in [0.1, 0.15) is 91.4 Å². The van der Waals surface area contributed by atoms with Gasteiger partial charge in [-0.25, -0.2) is 0 Å². The van der Waals surface area contributed by atoms with E-state index in [-0.39, 0.29) is 5.97 Å². The van der Waals surface area contributed by atoms with E-state index in [0.717, 1.165) is 49.4 Å². The molecule has 0 aliphatic heterocycles. The number of ether oxygens (including phenoxy) is 1. The summed E-state index contributed by atoms with van der Waals surface area (Å²) >= 11 is 0. The number of carbonyl (C=O) groups is 2. The Labute approximate surface area is 183 Å². The summed E-state index contributed by atoms with van der Waals surface area (Å²) in [7, 11) is 0. The molecule has 0 aromatic carbocycles. The molecule has 0 bridgehead atoms. The molecule has 4 aliphatic carbocycles. The first kappa shape index (κ1) is 22.1. The molecule has 4 saturated carbocycles. The van der Waals surface area contributed by atoms with Gasteiger partial charge in [-0.15, -0.1) is 0 Å². The van der Waals surface area contributed by atoms with Crippen molar-refractivity contribution < 1.29 is 14.3 Å². The monoisotopic (exact) mass is 414 g/mol. The summed E-state index contributed by atoms with van der Waals surface area (Å²) in [6.45, 7) is 11.4. The van der Waals surface area contributed by atoms with Gasteiger partial charge in [-0.2, -0.15) is 0 Å². The highest BCUT2D eigenvalue weighted by molar-refractivity contribution is 5.79. The second-order valence-electron chi connectivity index (χ2n) is 11.6.